The molecule has 1 aromatic rings. The lowest BCUT2D eigenvalue weighted by Gasteiger charge is -2.15. The summed E-state index contributed by atoms with van der Waals surface area (Å²) in [5.41, 5.74) is 2.92. The fourth-order valence-electron chi connectivity index (χ4n) is 1.82. The number of rotatable bonds is 3. The van der Waals surface area contributed by atoms with Gasteiger partial charge in [-0.2, -0.15) is 0 Å². The Morgan fingerprint density at radius 1 is 1.33 bits per heavy atom. The van der Waals surface area contributed by atoms with Crippen molar-refractivity contribution in [2.75, 3.05) is 5.32 Å². The number of pyridine rings is 1. The van der Waals surface area contributed by atoms with Crippen molar-refractivity contribution in [2.45, 2.75) is 26.7 Å². The van der Waals surface area contributed by atoms with Gasteiger partial charge in [0.1, 0.15) is 5.70 Å². The molecule has 5 heteroatoms. The van der Waals surface area contributed by atoms with Crippen LogP contribution in [0.5, 0.6) is 0 Å². The number of nitrogens with one attached hydrogen (secondary N) is 2. The molecule has 0 radical (unpaired) electrons. The van der Waals surface area contributed by atoms with Crippen LogP contribution >= 0.6 is 0 Å². The number of hydrogen-bond donors (Lipinski definition) is 2. The Morgan fingerprint density at radius 3 is 2.61 bits per heavy atom. The molecule has 0 fully saturated rings. The molecule has 0 bridgehead atoms. The molecule has 0 saturated heterocycles. The highest BCUT2D eigenvalue weighted by atomic mass is 16.2. The normalized spacial score (nSPS) is 14.8. The van der Waals surface area contributed by atoms with Crippen molar-refractivity contribution < 1.29 is 9.59 Å². The highest BCUT2D eigenvalue weighted by Crippen LogP contribution is 2.26. The van der Waals surface area contributed by atoms with Crippen LogP contribution in [0.2, 0.25) is 0 Å². The molecule has 1 aliphatic heterocycles. The van der Waals surface area contributed by atoms with E-state index in [4.69, 9.17) is 0 Å². The summed E-state index contributed by atoms with van der Waals surface area (Å²) < 4.78 is 0. The van der Waals surface area contributed by atoms with Gasteiger partial charge in [-0.3, -0.25) is 19.9 Å². The van der Waals surface area contributed by atoms with Gasteiger partial charge in [-0.25, -0.2) is 0 Å². The van der Waals surface area contributed by atoms with E-state index in [2.05, 4.69) is 15.6 Å². The molecule has 18 heavy (non-hydrogen) atoms. The molecule has 2 heterocycles. The molecule has 2 rings (SSSR count). The van der Waals surface area contributed by atoms with E-state index in [0.717, 1.165) is 16.9 Å². The van der Waals surface area contributed by atoms with E-state index in [1.807, 2.05) is 26.8 Å². The summed E-state index contributed by atoms with van der Waals surface area (Å²) in [5.74, 6) is -0.568. The second-order valence-electron chi connectivity index (χ2n) is 4.54. The van der Waals surface area contributed by atoms with Crippen molar-refractivity contribution in [1.29, 1.82) is 0 Å². The summed E-state index contributed by atoms with van der Waals surface area (Å²) in [7, 11) is 0. The predicted molar refractivity (Wildman–Crippen MR) is 67.9 cm³/mol. The van der Waals surface area contributed by atoms with Crippen LogP contribution in [0.4, 0.5) is 5.69 Å². The summed E-state index contributed by atoms with van der Waals surface area (Å²) in [4.78, 5) is 26.9. The lowest BCUT2D eigenvalue weighted by molar-refractivity contribution is -0.123. The second kappa shape index (κ2) is 4.60. The van der Waals surface area contributed by atoms with E-state index in [9.17, 15) is 9.59 Å². The topological polar surface area (TPSA) is 71.1 Å². The molecule has 0 saturated carbocycles. The van der Waals surface area contributed by atoms with Gasteiger partial charge in [0.15, 0.2) is 0 Å². The predicted octanol–water partition coefficient (Wildman–Crippen LogP) is 1.47. The van der Waals surface area contributed by atoms with Crippen LogP contribution in [-0.4, -0.2) is 16.8 Å². The highest BCUT2D eigenvalue weighted by molar-refractivity contribution is 6.17. The Hall–Kier alpha value is -2.17. The largest absolute Gasteiger partial charge is 0.349 e. The van der Waals surface area contributed by atoms with Crippen LogP contribution in [0.15, 0.2) is 24.0 Å². The molecule has 2 amide bonds. The van der Waals surface area contributed by atoms with Gasteiger partial charge in [0.2, 0.25) is 0 Å². The fourth-order valence-corrected chi connectivity index (χ4v) is 1.82. The van der Waals surface area contributed by atoms with Crippen molar-refractivity contribution in [1.82, 2.24) is 10.3 Å². The van der Waals surface area contributed by atoms with Crippen molar-refractivity contribution in [2.24, 2.45) is 0 Å². The zero-order chi connectivity index (χ0) is 13.3. The second-order valence-corrected chi connectivity index (χ2v) is 4.54. The van der Waals surface area contributed by atoms with Crippen LogP contribution in [0.25, 0.3) is 0 Å². The van der Waals surface area contributed by atoms with Crippen molar-refractivity contribution in [3.05, 3.63) is 35.3 Å². The van der Waals surface area contributed by atoms with Crippen LogP contribution in [0.1, 0.15) is 31.0 Å². The number of aromatic nitrogens is 1. The number of carbonyl (C=O) groups excluding carboxylic acids is 2. The average molecular weight is 245 g/mol. The molecule has 0 unspecified atom stereocenters. The van der Waals surface area contributed by atoms with Crippen LogP contribution in [0, 0.1) is 6.92 Å². The zero-order valence-electron chi connectivity index (χ0n) is 10.6. The van der Waals surface area contributed by atoms with E-state index < -0.39 is 11.8 Å². The zero-order valence-corrected chi connectivity index (χ0v) is 10.6. The van der Waals surface area contributed by atoms with Gasteiger partial charge in [0.25, 0.3) is 11.8 Å². The highest BCUT2D eigenvalue weighted by Gasteiger charge is 2.22. The molecule has 2 N–H and O–H groups in total. The summed E-state index contributed by atoms with van der Waals surface area (Å²) in [6.45, 7) is 5.99. The Morgan fingerprint density at radius 2 is 2.06 bits per heavy atom. The van der Waals surface area contributed by atoms with Crippen LogP contribution in [-0.2, 0) is 9.59 Å². The fraction of sp³-hybridized carbons (Fsp3) is 0.308. The van der Waals surface area contributed by atoms with E-state index >= 15 is 0 Å². The maximum atomic E-state index is 11.5. The number of nitrogens with zero attached hydrogens (tertiary/aromatic N) is 1. The summed E-state index contributed by atoms with van der Waals surface area (Å²) in [6, 6.07) is 1.86. The molecular formula is C13H15N3O2. The monoisotopic (exact) mass is 245 g/mol. The maximum absolute atomic E-state index is 11.5. The van der Waals surface area contributed by atoms with Gasteiger partial charge < -0.3 is 5.32 Å². The molecule has 0 aliphatic carbocycles. The van der Waals surface area contributed by atoms with Crippen molar-refractivity contribution in [3.63, 3.8) is 0 Å². The van der Waals surface area contributed by atoms with Crippen LogP contribution in [0.3, 0.4) is 0 Å². The summed E-state index contributed by atoms with van der Waals surface area (Å²) in [5, 5.41) is 5.21. The molecule has 0 aromatic carbocycles. The van der Waals surface area contributed by atoms with Gasteiger partial charge in [0, 0.05) is 12.3 Å². The van der Waals surface area contributed by atoms with Gasteiger partial charge in [-0.05, 0) is 24.5 Å². The number of anilines is 1. The minimum Gasteiger partial charge on any atom is -0.349 e. The number of imide groups is 1. The van der Waals surface area contributed by atoms with Gasteiger partial charge >= 0.3 is 0 Å². The van der Waals surface area contributed by atoms with E-state index in [-0.39, 0.29) is 11.6 Å². The van der Waals surface area contributed by atoms with Gasteiger partial charge in [-0.15, -0.1) is 0 Å². The first-order chi connectivity index (χ1) is 8.49. The summed E-state index contributed by atoms with van der Waals surface area (Å²) >= 11 is 0. The average Bonchev–Trinajstić information content (AvgIpc) is 2.60. The minimum atomic E-state index is -0.405. The third-order valence-electron chi connectivity index (χ3n) is 2.75. The quantitative estimate of drug-likeness (QED) is 0.791. The molecule has 0 atom stereocenters. The molecular weight excluding hydrogens is 230 g/mol. The van der Waals surface area contributed by atoms with Gasteiger partial charge in [-0.1, -0.05) is 13.8 Å². The van der Waals surface area contributed by atoms with E-state index in [0.29, 0.717) is 0 Å². The molecule has 1 aliphatic rings. The Balaban J connectivity index is 2.37. The number of aryl methyl sites for hydroxylation is 1. The molecule has 5 nitrogen and oxygen atoms in total. The smallest absolute Gasteiger partial charge is 0.274 e. The SMILES string of the molecule is Cc1ccnc(C(C)C)c1NC1=CC(=O)NC1=O. The first-order valence-electron chi connectivity index (χ1n) is 5.78. The Bertz CT molecular complexity index is 547. The minimum absolute atomic E-state index is 0.230. The number of carbonyl (C=O) groups is 2. The third-order valence-corrected chi connectivity index (χ3v) is 2.75. The standard InChI is InChI=1S/C13H15N3O2/c1-7(2)11-12(8(3)4-5-14-11)15-9-6-10(17)16-13(9)18/h4-7H,1-3H3,(H2,15,16,17,18). The van der Waals surface area contributed by atoms with Crippen LogP contribution < -0.4 is 10.6 Å². The summed E-state index contributed by atoms with van der Waals surface area (Å²) in [6.07, 6.45) is 3.00. The first-order valence-corrected chi connectivity index (χ1v) is 5.78. The van der Waals surface area contributed by atoms with E-state index in [1.54, 1.807) is 6.20 Å². The molecule has 94 valence electrons. The van der Waals surface area contributed by atoms with Crippen molar-refractivity contribution in [3.8, 4) is 0 Å². The van der Waals surface area contributed by atoms with E-state index in [1.165, 1.54) is 6.08 Å². The number of amides is 2. The maximum Gasteiger partial charge on any atom is 0.274 e. The molecule has 0 spiro atoms. The Kier molecular flexibility index (Phi) is 3.14. The number of hydrogen-bond acceptors (Lipinski definition) is 4. The Labute approximate surface area is 105 Å². The van der Waals surface area contributed by atoms with Gasteiger partial charge in [0.05, 0.1) is 11.4 Å². The third kappa shape index (κ3) is 2.25. The molecule has 1 aromatic heterocycles. The first kappa shape index (κ1) is 12.3. The lowest BCUT2D eigenvalue weighted by atomic mass is 10.0. The van der Waals surface area contributed by atoms with Crippen molar-refractivity contribution >= 4 is 17.5 Å². The lowest BCUT2D eigenvalue weighted by Crippen LogP contribution is -2.24.